The van der Waals surface area contributed by atoms with Gasteiger partial charge in [-0.1, -0.05) is 12.8 Å². The Balaban J connectivity index is 0.00000192. The summed E-state index contributed by atoms with van der Waals surface area (Å²) in [7, 11) is 0. The van der Waals surface area contributed by atoms with E-state index in [2.05, 4.69) is 10.6 Å². The standard InChI is InChI=1S/C17H22F2N2O.ClH/c18-14-7-12(8-15(19)9-14)4-6-21-16(22)17-5-2-1-3-13(17)10-20-11-17;/h7-9,13,20H,1-6,10-11H2,(H,21,22);1H/t13-,17+;/m0./s1. The number of benzene rings is 1. The van der Waals surface area contributed by atoms with Crippen LogP contribution in [0.25, 0.3) is 0 Å². The van der Waals surface area contributed by atoms with Crippen molar-refractivity contribution >= 4 is 18.3 Å². The molecular formula is C17H23ClF2N2O. The molecule has 0 bridgehead atoms. The largest absolute Gasteiger partial charge is 0.355 e. The van der Waals surface area contributed by atoms with Crippen LogP contribution in [0.4, 0.5) is 8.78 Å². The van der Waals surface area contributed by atoms with Crippen molar-refractivity contribution in [1.82, 2.24) is 10.6 Å². The zero-order valence-corrected chi connectivity index (χ0v) is 13.9. The van der Waals surface area contributed by atoms with Crippen LogP contribution in [0.2, 0.25) is 0 Å². The molecule has 1 amide bonds. The van der Waals surface area contributed by atoms with Crippen LogP contribution in [0.1, 0.15) is 31.2 Å². The highest BCUT2D eigenvalue weighted by Gasteiger charge is 2.49. The molecule has 6 heteroatoms. The quantitative estimate of drug-likeness (QED) is 0.882. The molecular weight excluding hydrogens is 322 g/mol. The zero-order valence-electron chi connectivity index (χ0n) is 13.0. The monoisotopic (exact) mass is 344 g/mol. The molecule has 1 saturated heterocycles. The maximum Gasteiger partial charge on any atom is 0.227 e. The first-order valence-corrected chi connectivity index (χ1v) is 8.04. The Morgan fingerprint density at radius 1 is 1.26 bits per heavy atom. The highest BCUT2D eigenvalue weighted by Crippen LogP contribution is 2.43. The Bertz CT molecular complexity index is 549. The van der Waals surface area contributed by atoms with Crippen LogP contribution in [0, 0.1) is 23.0 Å². The minimum atomic E-state index is -0.577. The van der Waals surface area contributed by atoms with E-state index in [-0.39, 0.29) is 23.7 Å². The molecule has 1 aliphatic carbocycles. The van der Waals surface area contributed by atoms with E-state index in [1.54, 1.807) is 0 Å². The summed E-state index contributed by atoms with van der Waals surface area (Å²) in [5, 5.41) is 6.33. The Morgan fingerprint density at radius 2 is 2.00 bits per heavy atom. The summed E-state index contributed by atoms with van der Waals surface area (Å²) in [4.78, 5) is 12.6. The topological polar surface area (TPSA) is 41.1 Å². The summed E-state index contributed by atoms with van der Waals surface area (Å²) >= 11 is 0. The van der Waals surface area contributed by atoms with Crippen molar-refractivity contribution in [1.29, 1.82) is 0 Å². The molecule has 2 atom stereocenters. The van der Waals surface area contributed by atoms with Crippen LogP contribution in [0.3, 0.4) is 0 Å². The number of halogens is 3. The van der Waals surface area contributed by atoms with Crippen molar-refractivity contribution in [2.24, 2.45) is 11.3 Å². The number of carbonyl (C=O) groups is 1. The minimum Gasteiger partial charge on any atom is -0.355 e. The van der Waals surface area contributed by atoms with Crippen LogP contribution in [0.15, 0.2) is 18.2 Å². The Hall–Kier alpha value is -1.20. The molecule has 1 aromatic carbocycles. The Morgan fingerprint density at radius 3 is 2.74 bits per heavy atom. The third kappa shape index (κ3) is 3.83. The molecule has 128 valence electrons. The van der Waals surface area contributed by atoms with Gasteiger partial charge in [0.1, 0.15) is 11.6 Å². The highest BCUT2D eigenvalue weighted by molar-refractivity contribution is 5.85. The van der Waals surface area contributed by atoms with Gasteiger partial charge in [0.25, 0.3) is 0 Å². The van der Waals surface area contributed by atoms with E-state index < -0.39 is 11.6 Å². The second-order valence-electron chi connectivity index (χ2n) is 6.51. The zero-order chi connectivity index (χ0) is 15.6. The molecule has 0 aromatic heterocycles. The van der Waals surface area contributed by atoms with Crippen molar-refractivity contribution in [3.63, 3.8) is 0 Å². The molecule has 0 spiro atoms. The van der Waals surface area contributed by atoms with Gasteiger partial charge in [-0.15, -0.1) is 12.4 Å². The van der Waals surface area contributed by atoms with Gasteiger partial charge in [-0.3, -0.25) is 4.79 Å². The van der Waals surface area contributed by atoms with Gasteiger partial charge in [0, 0.05) is 19.2 Å². The summed E-state index contributed by atoms with van der Waals surface area (Å²) in [5.74, 6) is -0.633. The number of nitrogens with one attached hydrogen (secondary N) is 2. The first kappa shape index (κ1) is 18.1. The van der Waals surface area contributed by atoms with Crippen molar-refractivity contribution in [3.8, 4) is 0 Å². The van der Waals surface area contributed by atoms with Crippen LogP contribution < -0.4 is 10.6 Å². The lowest BCUT2D eigenvalue weighted by atomic mass is 9.67. The molecule has 23 heavy (non-hydrogen) atoms. The second-order valence-corrected chi connectivity index (χ2v) is 6.51. The normalized spacial score (nSPS) is 26.3. The lowest BCUT2D eigenvalue weighted by Crippen LogP contribution is -2.48. The maximum absolute atomic E-state index is 13.1. The van der Waals surface area contributed by atoms with Gasteiger partial charge in [-0.05, 0) is 49.4 Å². The van der Waals surface area contributed by atoms with Gasteiger partial charge in [0.05, 0.1) is 5.41 Å². The van der Waals surface area contributed by atoms with Gasteiger partial charge in [-0.25, -0.2) is 8.78 Å². The van der Waals surface area contributed by atoms with Crippen molar-refractivity contribution in [2.45, 2.75) is 32.1 Å². The molecule has 1 heterocycles. The summed E-state index contributed by atoms with van der Waals surface area (Å²) in [5.41, 5.74) is 0.297. The number of carbonyl (C=O) groups excluding carboxylic acids is 1. The summed E-state index contributed by atoms with van der Waals surface area (Å²) < 4.78 is 26.3. The molecule has 0 unspecified atom stereocenters. The van der Waals surface area contributed by atoms with Crippen molar-refractivity contribution in [2.75, 3.05) is 19.6 Å². The van der Waals surface area contributed by atoms with Gasteiger partial charge >= 0.3 is 0 Å². The van der Waals surface area contributed by atoms with Crippen LogP contribution in [0.5, 0.6) is 0 Å². The maximum atomic E-state index is 13.1. The third-order valence-electron chi connectivity index (χ3n) is 5.11. The Kier molecular flexibility index (Phi) is 5.98. The molecule has 0 radical (unpaired) electrons. The summed E-state index contributed by atoms with van der Waals surface area (Å²) in [6.07, 6.45) is 4.78. The number of amides is 1. The number of hydrogen-bond donors (Lipinski definition) is 2. The predicted molar refractivity (Wildman–Crippen MR) is 87.6 cm³/mol. The minimum absolute atomic E-state index is 0. The fourth-order valence-corrected chi connectivity index (χ4v) is 3.94. The number of hydrogen-bond acceptors (Lipinski definition) is 2. The van der Waals surface area contributed by atoms with E-state index in [4.69, 9.17) is 0 Å². The third-order valence-corrected chi connectivity index (χ3v) is 5.11. The van der Waals surface area contributed by atoms with E-state index in [9.17, 15) is 13.6 Å². The van der Waals surface area contributed by atoms with Crippen LogP contribution in [-0.2, 0) is 11.2 Å². The van der Waals surface area contributed by atoms with Gasteiger partial charge < -0.3 is 10.6 Å². The van der Waals surface area contributed by atoms with Gasteiger partial charge in [0.15, 0.2) is 0 Å². The molecule has 1 aliphatic heterocycles. The molecule has 1 saturated carbocycles. The average Bonchev–Trinajstić information content (AvgIpc) is 2.91. The smallest absolute Gasteiger partial charge is 0.227 e. The second kappa shape index (κ2) is 7.58. The molecule has 2 fully saturated rings. The lowest BCUT2D eigenvalue weighted by Gasteiger charge is -2.37. The van der Waals surface area contributed by atoms with Crippen LogP contribution >= 0.6 is 12.4 Å². The molecule has 3 rings (SSSR count). The fourth-order valence-electron chi connectivity index (χ4n) is 3.94. The van der Waals surface area contributed by atoms with E-state index in [0.29, 0.717) is 24.4 Å². The first-order valence-electron chi connectivity index (χ1n) is 8.04. The molecule has 1 aromatic rings. The average molecular weight is 345 g/mol. The van der Waals surface area contributed by atoms with Gasteiger partial charge in [0.2, 0.25) is 5.91 Å². The van der Waals surface area contributed by atoms with E-state index >= 15 is 0 Å². The SMILES string of the molecule is Cl.O=C(NCCc1cc(F)cc(F)c1)[C@@]12CCCC[C@H]1CNC2. The number of fused-ring (bicyclic) bond motifs is 1. The van der Waals surface area contributed by atoms with Crippen molar-refractivity contribution < 1.29 is 13.6 Å². The summed E-state index contributed by atoms with van der Waals surface area (Å²) in [6.45, 7) is 2.08. The fraction of sp³-hybridized carbons (Fsp3) is 0.588. The lowest BCUT2D eigenvalue weighted by molar-refractivity contribution is -0.133. The molecule has 2 aliphatic rings. The highest BCUT2D eigenvalue weighted by atomic mass is 35.5. The summed E-state index contributed by atoms with van der Waals surface area (Å²) in [6, 6.07) is 3.49. The van der Waals surface area contributed by atoms with E-state index in [0.717, 1.165) is 38.4 Å². The molecule has 2 N–H and O–H groups in total. The van der Waals surface area contributed by atoms with Crippen LogP contribution in [-0.4, -0.2) is 25.5 Å². The molecule has 3 nitrogen and oxygen atoms in total. The number of rotatable bonds is 4. The first-order chi connectivity index (χ1) is 10.6. The van der Waals surface area contributed by atoms with Crippen molar-refractivity contribution in [3.05, 3.63) is 35.4 Å². The Labute approximate surface area is 141 Å². The predicted octanol–water partition coefficient (Wildman–Crippen LogP) is 2.83. The van der Waals surface area contributed by atoms with Gasteiger partial charge in [-0.2, -0.15) is 0 Å². The van der Waals surface area contributed by atoms with E-state index in [1.807, 2.05) is 0 Å². The van der Waals surface area contributed by atoms with E-state index in [1.165, 1.54) is 18.6 Å².